The first kappa shape index (κ1) is 18.3. The largest absolute Gasteiger partial charge is 0.362 e. The van der Waals surface area contributed by atoms with Crippen molar-refractivity contribution in [1.29, 1.82) is 0 Å². The molecule has 0 unspecified atom stereocenters. The van der Waals surface area contributed by atoms with Crippen molar-refractivity contribution in [3.05, 3.63) is 69.4 Å². The number of carbonyl (C=O) groups excluding carboxylic acids is 1. The summed E-state index contributed by atoms with van der Waals surface area (Å²) in [5.41, 5.74) is 2.18. The first-order chi connectivity index (χ1) is 13.5. The molecule has 1 aromatic heterocycles. The van der Waals surface area contributed by atoms with E-state index in [-0.39, 0.29) is 11.6 Å². The first-order valence-electron chi connectivity index (χ1n) is 8.98. The van der Waals surface area contributed by atoms with Crippen molar-refractivity contribution < 1.29 is 9.72 Å². The molecule has 0 bridgehead atoms. The molecule has 1 fully saturated rings. The molecule has 144 valence electrons. The third kappa shape index (κ3) is 3.18. The molecule has 8 heteroatoms. The predicted molar refractivity (Wildman–Crippen MR) is 109 cm³/mol. The number of anilines is 1. The van der Waals surface area contributed by atoms with Crippen LogP contribution in [0.25, 0.3) is 10.9 Å². The van der Waals surface area contributed by atoms with Gasteiger partial charge in [0.1, 0.15) is 11.4 Å². The fourth-order valence-corrected chi connectivity index (χ4v) is 3.88. The third-order valence-electron chi connectivity index (χ3n) is 5.21. The highest BCUT2D eigenvalue weighted by Gasteiger charge is 2.27. The second kappa shape index (κ2) is 7.16. The maximum Gasteiger partial charge on any atom is 0.294 e. The number of nitro benzene ring substituents is 1. The van der Waals surface area contributed by atoms with Gasteiger partial charge < -0.3 is 14.4 Å². The Morgan fingerprint density at radius 1 is 1.07 bits per heavy atom. The average molecular weight is 399 g/mol. The topological polar surface area (TPSA) is 71.6 Å². The Morgan fingerprint density at radius 3 is 2.46 bits per heavy atom. The van der Waals surface area contributed by atoms with Crippen LogP contribution in [0.4, 0.5) is 11.4 Å². The van der Waals surface area contributed by atoms with E-state index in [1.807, 2.05) is 46.8 Å². The second-order valence-corrected chi connectivity index (χ2v) is 7.25. The molecule has 1 saturated heterocycles. The number of hydrogen-bond donors (Lipinski definition) is 0. The summed E-state index contributed by atoms with van der Waals surface area (Å²) >= 11 is 5.90. The Morgan fingerprint density at radius 2 is 1.79 bits per heavy atom. The average Bonchev–Trinajstić information content (AvgIpc) is 3.04. The van der Waals surface area contributed by atoms with E-state index in [9.17, 15) is 14.9 Å². The van der Waals surface area contributed by atoms with Gasteiger partial charge in [-0.25, -0.2) is 0 Å². The number of para-hydroxylation sites is 1. The van der Waals surface area contributed by atoms with Crippen LogP contribution in [0.3, 0.4) is 0 Å². The van der Waals surface area contributed by atoms with E-state index < -0.39 is 4.92 Å². The SMILES string of the molecule is Cn1c(C(=O)N2CCN(c3ccc(Cl)cc3[N+](=O)[O-])CC2)cc2ccccc21. The summed E-state index contributed by atoms with van der Waals surface area (Å²) < 4.78 is 1.91. The zero-order valence-electron chi connectivity index (χ0n) is 15.3. The molecule has 0 aliphatic carbocycles. The van der Waals surface area contributed by atoms with Gasteiger partial charge in [0.25, 0.3) is 11.6 Å². The van der Waals surface area contributed by atoms with Crippen LogP contribution in [-0.4, -0.2) is 46.5 Å². The van der Waals surface area contributed by atoms with Crippen molar-refractivity contribution in [2.75, 3.05) is 31.1 Å². The molecule has 0 N–H and O–H groups in total. The van der Waals surface area contributed by atoms with E-state index in [1.54, 1.807) is 17.0 Å². The quantitative estimate of drug-likeness (QED) is 0.498. The van der Waals surface area contributed by atoms with Crippen LogP contribution in [0.15, 0.2) is 48.5 Å². The van der Waals surface area contributed by atoms with Gasteiger partial charge in [0.15, 0.2) is 0 Å². The van der Waals surface area contributed by atoms with Gasteiger partial charge >= 0.3 is 0 Å². The number of aryl methyl sites for hydroxylation is 1. The number of carbonyl (C=O) groups is 1. The summed E-state index contributed by atoms with van der Waals surface area (Å²) in [6, 6.07) is 14.5. The number of nitrogens with zero attached hydrogens (tertiary/aromatic N) is 4. The number of rotatable bonds is 3. The highest BCUT2D eigenvalue weighted by molar-refractivity contribution is 6.30. The van der Waals surface area contributed by atoms with E-state index in [2.05, 4.69) is 0 Å². The zero-order valence-corrected chi connectivity index (χ0v) is 16.1. The van der Waals surface area contributed by atoms with Gasteiger partial charge in [-0.1, -0.05) is 29.8 Å². The Balaban J connectivity index is 1.52. The molecular formula is C20H19ClN4O3. The number of nitro groups is 1. The minimum Gasteiger partial charge on any atom is -0.362 e. The van der Waals surface area contributed by atoms with Gasteiger partial charge in [-0.05, 0) is 24.3 Å². The molecule has 0 saturated carbocycles. The molecule has 1 aliphatic heterocycles. The molecular weight excluding hydrogens is 380 g/mol. The Kier molecular flexibility index (Phi) is 4.68. The van der Waals surface area contributed by atoms with Crippen LogP contribution in [0, 0.1) is 10.1 Å². The number of hydrogen-bond acceptors (Lipinski definition) is 4. The lowest BCUT2D eigenvalue weighted by Gasteiger charge is -2.35. The molecule has 2 heterocycles. The van der Waals surface area contributed by atoms with Crippen molar-refractivity contribution in [3.8, 4) is 0 Å². The molecule has 7 nitrogen and oxygen atoms in total. The highest BCUT2D eigenvalue weighted by atomic mass is 35.5. The minimum absolute atomic E-state index is 0.0130. The summed E-state index contributed by atoms with van der Waals surface area (Å²) in [4.78, 5) is 27.7. The van der Waals surface area contributed by atoms with E-state index in [1.165, 1.54) is 6.07 Å². The molecule has 1 amide bonds. The van der Waals surface area contributed by atoms with E-state index in [0.717, 1.165) is 10.9 Å². The first-order valence-corrected chi connectivity index (χ1v) is 9.36. The lowest BCUT2D eigenvalue weighted by atomic mass is 10.2. The molecule has 0 spiro atoms. The maximum atomic E-state index is 13.0. The van der Waals surface area contributed by atoms with Gasteiger partial charge in [0.05, 0.1) is 4.92 Å². The van der Waals surface area contributed by atoms with Crippen LogP contribution < -0.4 is 4.90 Å². The second-order valence-electron chi connectivity index (χ2n) is 6.82. The van der Waals surface area contributed by atoms with Crippen molar-refractivity contribution in [2.45, 2.75) is 0 Å². The Hall–Kier alpha value is -3.06. The third-order valence-corrected chi connectivity index (χ3v) is 5.45. The van der Waals surface area contributed by atoms with Gasteiger partial charge in [-0.2, -0.15) is 0 Å². The van der Waals surface area contributed by atoms with Gasteiger partial charge in [-0.3, -0.25) is 14.9 Å². The van der Waals surface area contributed by atoms with Crippen molar-refractivity contribution >= 4 is 39.8 Å². The lowest BCUT2D eigenvalue weighted by molar-refractivity contribution is -0.384. The fraction of sp³-hybridized carbons (Fsp3) is 0.250. The van der Waals surface area contributed by atoms with E-state index in [4.69, 9.17) is 11.6 Å². The van der Waals surface area contributed by atoms with Crippen LogP contribution in [0.5, 0.6) is 0 Å². The molecule has 3 aromatic rings. The molecule has 0 atom stereocenters. The van der Waals surface area contributed by atoms with Gasteiger partial charge in [0.2, 0.25) is 0 Å². The van der Waals surface area contributed by atoms with Gasteiger partial charge in [-0.15, -0.1) is 0 Å². The Bertz CT molecular complexity index is 1070. The summed E-state index contributed by atoms with van der Waals surface area (Å²) in [5, 5.41) is 12.7. The molecule has 1 aliphatic rings. The summed E-state index contributed by atoms with van der Waals surface area (Å²) in [7, 11) is 1.89. The number of aromatic nitrogens is 1. The molecule has 4 rings (SSSR count). The summed E-state index contributed by atoms with van der Waals surface area (Å²) in [5.74, 6) is -0.0241. The van der Waals surface area contributed by atoms with Crippen LogP contribution >= 0.6 is 11.6 Å². The van der Waals surface area contributed by atoms with Crippen LogP contribution in [0.1, 0.15) is 10.5 Å². The Labute approximate surface area is 166 Å². The van der Waals surface area contributed by atoms with Crippen molar-refractivity contribution in [3.63, 3.8) is 0 Å². The zero-order chi connectivity index (χ0) is 19.8. The molecule has 2 aromatic carbocycles. The van der Waals surface area contributed by atoms with Crippen LogP contribution in [0.2, 0.25) is 5.02 Å². The minimum atomic E-state index is -0.422. The van der Waals surface area contributed by atoms with Gasteiger partial charge in [0, 0.05) is 55.2 Å². The number of amides is 1. The summed E-state index contributed by atoms with van der Waals surface area (Å²) in [6.07, 6.45) is 0. The highest BCUT2D eigenvalue weighted by Crippen LogP contribution is 2.32. The smallest absolute Gasteiger partial charge is 0.294 e. The van der Waals surface area contributed by atoms with Crippen molar-refractivity contribution in [2.24, 2.45) is 7.05 Å². The monoisotopic (exact) mass is 398 g/mol. The number of piperazine rings is 1. The fourth-order valence-electron chi connectivity index (χ4n) is 3.72. The van der Waals surface area contributed by atoms with Crippen molar-refractivity contribution in [1.82, 2.24) is 9.47 Å². The molecule has 28 heavy (non-hydrogen) atoms. The standard InChI is InChI=1S/C20H19ClN4O3/c1-22-16-5-3-2-4-14(16)12-19(22)20(26)24-10-8-23(9-11-24)17-7-6-15(21)13-18(17)25(27)28/h2-7,12-13H,8-11H2,1H3. The number of benzene rings is 2. The number of halogens is 1. The molecule has 0 radical (unpaired) electrons. The van der Waals surface area contributed by atoms with Crippen LogP contribution in [-0.2, 0) is 7.05 Å². The lowest BCUT2D eigenvalue weighted by Crippen LogP contribution is -2.49. The maximum absolute atomic E-state index is 13.0. The predicted octanol–water partition coefficient (Wildman–Crippen LogP) is 3.70. The summed E-state index contributed by atoms with van der Waals surface area (Å²) in [6.45, 7) is 2.05. The van der Waals surface area contributed by atoms with E-state index >= 15 is 0 Å². The number of fused-ring (bicyclic) bond motifs is 1. The normalized spacial score (nSPS) is 14.5. The van der Waals surface area contributed by atoms with E-state index in [0.29, 0.717) is 42.6 Å².